The van der Waals surface area contributed by atoms with E-state index in [2.05, 4.69) is 29.2 Å². The Kier molecular flexibility index (Phi) is 6.29. The average Bonchev–Trinajstić information content (AvgIpc) is 3.42. The molecule has 5 heteroatoms. The average molecular weight is 467 g/mol. The van der Waals surface area contributed by atoms with Crippen LogP contribution in [0.15, 0.2) is 89.7 Å². The molecule has 0 saturated heterocycles. The maximum atomic E-state index is 12.5. The summed E-state index contributed by atoms with van der Waals surface area (Å²) in [5.41, 5.74) is 3.10. The Hall–Kier alpha value is -3.67. The molecule has 0 fully saturated rings. The van der Waals surface area contributed by atoms with E-state index in [0.29, 0.717) is 17.9 Å². The van der Waals surface area contributed by atoms with E-state index in [-0.39, 0.29) is 0 Å². The van der Waals surface area contributed by atoms with Gasteiger partial charge in [-0.15, -0.1) is 0 Å². The van der Waals surface area contributed by atoms with Gasteiger partial charge in [-0.1, -0.05) is 48.5 Å². The predicted octanol–water partition coefficient (Wildman–Crippen LogP) is 6.23. The molecule has 0 spiro atoms. The molecule has 5 aromatic rings. The molecule has 1 N–H and O–H groups in total. The molecule has 0 aliphatic carbocycles. The van der Waals surface area contributed by atoms with Gasteiger partial charge in [-0.3, -0.25) is 0 Å². The number of pyridine rings is 1. The highest BCUT2D eigenvalue weighted by molar-refractivity contribution is 5.89. The summed E-state index contributed by atoms with van der Waals surface area (Å²) in [6, 6.07) is 24.3. The van der Waals surface area contributed by atoms with Gasteiger partial charge in [-0.05, 0) is 79.6 Å². The maximum Gasteiger partial charge on any atom is 0.220 e. The van der Waals surface area contributed by atoms with Crippen LogP contribution in [0.5, 0.6) is 5.88 Å². The van der Waals surface area contributed by atoms with E-state index in [4.69, 9.17) is 14.1 Å². The standard InChI is InChI=1S/C30H30N2O3/c1-32(2)16-7-15-30(33,26-11-6-9-21-8-4-5-10-25(21)26)27-19-24-18-22(23-14-17-35-20-23)12-13-28(24)31-29(27)34-3/h4-6,8-14,17-20,33H,7,15-16H2,1-3H3. The number of hydrogen-bond acceptors (Lipinski definition) is 5. The van der Waals surface area contributed by atoms with Crippen molar-refractivity contribution in [2.45, 2.75) is 18.4 Å². The van der Waals surface area contributed by atoms with Crippen molar-refractivity contribution in [3.8, 4) is 17.0 Å². The Bertz CT molecular complexity index is 1450. The van der Waals surface area contributed by atoms with Crippen LogP contribution in [0, 0.1) is 0 Å². The van der Waals surface area contributed by atoms with Crippen molar-refractivity contribution in [2.75, 3.05) is 27.7 Å². The molecule has 5 nitrogen and oxygen atoms in total. The second-order valence-electron chi connectivity index (χ2n) is 9.26. The van der Waals surface area contributed by atoms with E-state index in [1.165, 1.54) is 0 Å². The van der Waals surface area contributed by atoms with Gasteiger partial charge in [0.25, 0.3) is 0 Å². The molecule has 0 aliphatic rings. The molecule has 2 heterocycles. The van der Waals surface area contributed by atoms with Crippen LogP contribution in [0.4, 0.5) is 0 Å². The molecule has 5 rings (SSSR count). The van der Waals surface area contributed by atoms with Crippen LogP contribution in [0.3, 0.4) is 0 Å². The lowest BCUT2D eigenvalue weighted by Crippen LogP contribution is -2.30. The van der Waals surface area contributed by atoms with E-state index in [1.807, 2.05) is 62.6 Å². The van der Waals surface area contributed by atoms with Crippen LogP contribution >= 0.6 is 0 Å². The van der Waals surface area contributed by atoms with Crippen LogP contribution in [0.2, 0.25) is 0 Å². The quantitative estimate of drug-likeness (QED) is 0.294. The first-order chi connectivity index (χ1) is 17.0. The number of furan rings is 1. The molecule has 0 amide bonds. The van der Waals surface area contributed by atoms with Gasteiger partial charge in [0.1, 0.15) is 5.60 Å². The summed E-state index contributed by atoms with van der Waals surface area (Å²) in [4.78, 5) is 6.95. The van der Waals surface area contributed by atoms with Gasteiger partial charge in [0.05, 0.1) is 30.7 Å². The Morgan fingerprint density at radius 1 is 0.914 bits per heavy atom. The summed E-state index contributed by atoms with van der Waals surface area (Å²) in [6.07, 6.45) is 4.74. The van der Waals surface area contributed by atoms with Gasteiger partial charge >= 0.3 is 0 Å². The normalized spacial score (nSPS) is 13.4. The lowest BCUT2D eigenvalue weighted by Gasteiger charge is -2.32. The zero-order chi connectivity index (χ0) is 24.4. The fourth-order valence-electron chi connectivity index (χ4n) is 4.87. The maximum absolute atomic E-state index is 12.5. The van der Waals surface area contributed by atoms with Crippen molar-refractivity contribution < 1.29 is 14.3 Å². The third kappa shape index (κ3) is 4.41. The highest BCUT2D eigenvalue weighted by atomic mass is 16.5. The summed E-state index contributed by atoms with van der Waals surface area (Å²) in [7, 11) is 5.71. The van der Waals surface area contributed by atoms with Crippen molar-refractivity contribution in [2.24, 2.45) is 0 Å². The van der Waals surface area contributed by atoms with Gasteiger partial charge in [0.2, 0.25) is 5.88 Å². The Morgan fingerprint density at radius 2 is 1.74 bits per heavy atom. The molecule has 3 aromatic carbocycles. The molecule has 0 bridgehead atoms. The van der Waals surface area contributed by atoms with Crippen molar-refractivity contribution >= 4 is 21.7 Å². The summed E-state index contributed by atoms with van der Waals surface area (Å²) in [5.74, 6) is 0.439. The molecular weight excluding hydrogens is 436 g/mol. The molecular formula is C30H30N2O3. The number of hydrogen-bond donors (Lipinski definition) is 1. The molecule has 2 aromatic heterocycles. The largest absolute Gasteiger partial charge is 0.481 e. The van der Waals surface area contributed by atoms with E-state index in [0.717, 1.165) is 51.3 Å². The van der Waals surface area contributed by atoms with Gasteiger partial charge in [-0.25, -0.2) is 4.98 Å². The Morgan fingerprint density at radius 3 is 2.51 bits per heavy atom. The minimum absolute atomic E-state index is 0.439. The molecule has 1 atom stereocenters. The van der Waals surface area contributed by atoms with E-state index in [9.17, 15) is 5.11 Å². The lowest BCUT2D eigenvalue weighted by molar-refractivity contribution is 0.0648. The number of fused-ring (bicyclic) bond motifs is 2. The summed E-state index contributed by atoms with van der Waals surface area (Å²) >= 11 is 0. The third-order valence-electron chi connectivity index (χ3n) is 6.65. The fourth-order valence-corrected chi connectivity index (χ4v) is 4.87. The Labute approximate surface area is 205 Å². The van der Waals surface area contributed by atoms with Gasteiger partial charge in [0, 0.05) is 10.9 Å². The van der Waals surface area contributed by atoms with E-state index in [1.54, 1.807) is 19.6 Å². The SMILES string of the molecule is COc1nc2ccc(-c3ccoc3)cc2cc1C(O)(CCCN(C)C)c1cccc2ccccc12. The van der Waals surface area contributed by atoms with E-state index >= 15 is 0 Å². The summed E-state index contributed by atoms with van der Waals surface area (Å²) in [5, 5.41) is 15.6. The molecule has 0 aliphatic heterocycles. The van der Waals surface area contributed by atoms with Crippen LogP contribution in [0.1, 0.15) is 24.0 Å². The topological polar surface area (TPSA) is 58.7 Å². The molecule has 35 heavy (non-hydrogen) atoms. The van der Waals surface area contributed by atoms with Crippen LogP contribution < -0.4 is 4.74 Å². The smallest absolute Gasteiger partial charge is 0.220 e. The van der Waals surface area contributed by atoms with Gasteiger partial charge < -0.3 is 19.2 Å². The predicted molar refractivity (Wildman–Crippen MR) is 141 cm³/mol. The van der Waals surface area contributed by atoms with Crippen LogP contribution in [-0.2, 0) is 5.60 Å². The zero-order valence-electron chi connectivity index (χ0n) is 20.4. The van der Waals surface area contributed by atoms with Crippen molar-refractivity contribution in [3.63, 3.8) is 0 Å². The first kappa shape index (κ1) is 23.1. The summed E-state index contributed by atoms with van der Waals surface area (Å²) < 4.78 is 11.0. The fraction of sp³-hybridized carbons (Fsp3) is 0.233. The van der Waals surface area contributed by atoms with Gasteiger partial charge in [-0.2, -0.15) is 0 Å². The minimum Gasteiger partial charge on any atom is -0.481 e. The number of aliphatic hydroxyl groups is 1. The minimum atomic E-state index is -1.28. The second-order valence-corrected chi connectivity index (χ2v) is 9.26. The zero-order valence-corrected chi connectivity index (χ0v) is 20.4. The number of ether oxygens (including phenoxy) is 1. The molecule has 0 radical (unpaired) electrons. The van der Waals surface area contributed by atoms with Gasteiger partial charge in [0.15, 0.2) is 0 Å². The van der Waals surface area contributed by atoms with Crippen LogP contribution in [-0.4, -0.2) is 42.7 Å². The van der Waals surface area contributed by atoms with Crippen molar-refractivity contribution in [1.82, 2.24) is 9.88 Å². The van der Waals surface area contributed by atoms with E-state index < -0.39 is 5.60 Å². The first-order valence-corrected chi connectivity index (χ1v) is 11.9. The molecule has 178 valence electrons. The Balaban J connectivity index is 1.72. The van der Waals surface area contributed by atoms with Crippen LogP contribution in [0.25, 0.3) is 32.8 Å². The number of benzene rings is 3. The number of nitrogens with zero attached hydrogens (tertiary/aromatic N) is 2. The van der Waals surface area contributed by atoms with Crippen molar-refractivity contribution in [3.05, 3.63) is 96.4 Å². The summed E-state index contributed by atoms with van der Waals surface area (Å²) in [6.45, 7) is 0.862. The first-order valence-electron chi connectivity index (χ1n) is 11.9. The number of methoxy groups -OCH3 is 1. The van der Waals surface area contributed by atoms with Crippen molar-refractivity contribution in [1.29, 1.82) is 0 Å². The number of aromatic nitrogens is 1. The third-order valence-corrected chi connectivity index (χ3v) is 6.65. The monoisotopic (exact) mass is 466 g/mol. The second kappa shape index (κ2) is 9.53. The highest BCUT2D eigenvalue weighted by Crippen LogP contribution is 2.43. The molecule has 0 saturated carbocycles. The number of rotatable bonds is 8. The highest BCUT2D eigenvalue weighted by Gasteiger charge is 2.36. The lowest BCUT2D eigenvalue weighted by atomic mass is 9.80. The molecule has 1 unspecified atom stereocenters.